The summed E-state index contributed by atoms with van der Waals surface area (Å²) in [7, 11) is 0. The molecule has 0 radical (unpaired) electrons. The number of hydrogen-bond acceptors (Lipinski definition) is 3. The molecule has 104 valence electrons. The molecular weight excluding hydrogens is 260 g/mol. The van der Waals surface area contributed by atoms with Gasteiger partial charge < -0.3 is 4.52 Å². The van der Waals surface area contributed by atoms with Crippen LogP contribution in [0.5, 0.6) is 0 Å². The molecule has 4 aliphatic rings. The number of rotatable bonds is 3. The van der Waals surface area contributed by atoms with Crippen LogP contribution in [0, 0.1) is 18.8 Å². The first-order valence-electron chi connectivity index (χ1n) is 7.61. The van der Waals surface area contributed by atoms with Crippen LogP contribution in [0.15, 0.2) is 51.6 Å². The van der Waals surface area contributed by atoms with Crippen molar-refractivity contribution in [3.05, 3.63) is 58.5 Å². The number of aryl methyl sites for hydroxylation is 1. The van der Waals surface area contributed by atoms with Gasteiger partial charge in [0.2, 0.25) is 11.7 Å². The van der Waals surface area contributed by atoms with E-state index in [1.54, 1.807) is 11.1 Å². The van der Waals surface area contributed by atoms with Crippen molar-refractivity contribution in [2.45, 2.75) is 26.2 Å². The molecule has 4 bridgehead atoms. The molecule has 1 aromatic carbocycles. The van der Waals surface area contributed by atoms with Crippen molar-refractivity contribution in [2.24, 2.45) is 11.8 Å². The second-order valence-corrected chi connectivity index (χ2v) is 6.36. The van der Waals surface area contributed by atoms with Gasteiger partial charge in [0.1, 0.15) is 0 Å². The zero-order chi connectivity index (χ0) is 14.0. The Balaban J connectivity index is 1.40. The molecule has 2 atom stereocenters. The van der Waals surface area contributed by atoms with E-state index in [1.165, 1.54) is 17.6 Å². The molecule has 3 saturated carbocycles. The summed E-state index contributed by atoms with van der Waals surface area (Å²) in [4.78, 5) is 4.56. The third-order valence-electron chi connectivity index (χ3n) is 5.16. The van der Waals surface area contributed by atoms with Gasteiger partial charge >= 0.3 is 0 Å². The molecule has 2 unspecified atom stereocenters. The van der Waals surface area contributed by atoms with Crippen LogP contribution in [0.4, 0.5) is 0 Å². The molecule has 3 fully saturated rings. The average Bonchev–Trinajstić information content (AvgIpc) is 2.85. The van der Waals surface area contributed by atoms with E-state index in [9.17, 15) is 0 Å². The van der Waals surface area contributed by atoms with Crippen LogP contribution in [0.1, 0.15) is 24.3 Å². The highest BCUT2D eigenvalue weighted by molar-refractivity contribution is 5.57. The van der Waals surface area contributed by atoms with Gasteiger partial charge in [-0.2, -0.15) is 4.98 Å². The molecule has 2 aromatic rings. The number of aromatic nitrogens is 2. The lowest BCUT2D eigenvalue weighted by atomic mass is 9.45. The second kappa shape index (κ2) is 3.94. The molecule has 1 heterocycles. The Hall–Kier alpha value is -2.16. The number of benzene rings is 1. The van der Waals surface area contributed by atoms with E-state index in [-0.39, 0.29) is 0 Å². The van der Waals surface area contributed by atoms with E-state index in [0.717, 1.165) is 36.1 Å². The predicted octanol–water partition coefficient (Wildman–Crippen LogP) is 3.86. The van der Waals surface area contributed by atoms with Crippen LogP contribution in [0.25, 0.3) is 11.4 Å². The third kappa shape index (κ3) is 1.54. The summed E-state index contributed by atoms with van der Waals surface area (Å²) >= 11 is 0. The van der Waals surface area contributed by atoms with Gasteiger partial charge in [-0.25, -0.2) is 0 Å². The van der Waals surface area contributed by atoms with Crippen LogP contribution in [-0.2, 0) is 6.42 Å². The summed E-state index contributed by atoms with van der Waals surface area (Å²) in [5.41, 5.74) is 7.15. The van der Waals surface area contributed by atoms with Crippen molar-refractivity contribution >= 4 is 0 Å². The van der Waals surface area contributed by atoms with E-state index >= 15 is 0 Å². The van der Waals surface area contributed by atoms with Gasteiger partial charge in [0.25, 0.3) is 0 Å². The second-order valence-electron chi connectivity index (χ2n) is 6.36. The molecule has 1 aromatic heterocycles. The topological polar surface area (TPSA) is 38.9 Å². The van der Waals surface area contributed by atoms with Crippen molar-refractivity contribution in [3.8, 4) is 11.4 Å². The molecular formula is C18H16N2O. The predicted molar refractivity (Wildman–Crippen MR) is 79.5 cm³/mol. The zero-order valence-electron chi connectivity index (χ0n) is 12.0. The fraction of sp³-hybridized carbons (Fsp3) is 0.333. The Labute approximate surface area is 123 Å². The fourth-order valence-electron chi connectivity index (χ4n) is 3.83. The van der Waals surface area contributed by atoms with Crippen molar-refractivity contribution < 1.29 is 4.52 Å². The molecule has 0 amide bonds. The first-order valence-corrected chi connectivity index (χ1v) is 7.61. The van der Waals surface area contributed by atoms with Gasteiger partial charge in [-0.1, -0.05) is 57.8 Å². The molecule has 4 aliphatic carbocycles. The maximum atomic E-state index is 5.45. The number of allylic oxidation sites excluding steroid dienone is 4. The maximum Gasteiger partial charge on any atom is 0.231 e. The lowest BCUT2D eigenvalue weighted by Crippen LogP contribution is -2.48. The minimum Gasteiger partial charge on any atom is -0.339 e. The van der Waals surface area contributed by atoms with E-state index in [2.05, 4.69) is 35.3 Å². The van der Waals surface area contributed by atoms with Gasteiger partial charge in [-0.15, -0.1) is 0 Å². The summed E-state index contributed by atoms with van der Waals surface area (Å²) in [6.45, 7) is 2.08. The largest absolute Gasteiger partial charge is 0.339 e. The molecule has 0 saturated heterocycles. The first-order chi connectivity index (χ1) is 10.3. The molecule has 3 nitrogen and oxygen atoms in total. The minimum atomic E-state index is 0.696. The molecule has 21 heavy (non-hydrogen) atoms. The van der Waals surface area contributed by atoms with Crippen molar-refractivity contribution in [1.29, 1.82) is 0 Å². The summed E-state index contributed by atoms with van der Waals surface area (Å²) in [6.07, 6.45) is 5.70. The Kier molecular flexibility index (Phi) is 2.16. The lowest BCUT2D eigenvalue weighted by Gasteiger charge is -2.59. The van der Waals surface area contributed by atoms with E-state index in [1.807, 2.05) is 12.1 Å². The summed E-state index contributed by atoms with van der Waals surface area (Å²) in [6, 6.07) is 8.24. The minimum absolute atomic E-state index is 0.696. The quantitative estimate of drug-likeness (QED) is 0.799. The van der Waals surface area contributed by atoms with Gasteiger partial charge in [0, 0.05) is 23.8 Å². The molecule has 3 heteroatoms. The van der Waals surface area contributed by atoms with Crippen LogP contribution in [0.2, 0.25) is 0 Å². The van der Waals surface area contributed by atoms with Crippen LogP contribution >= 0.6 is 0 Å². The van der Waals surface area contributed by atoms with Gasteiger partial charge in [-0.05, 0) is 19.8 Å². The van der Waals surface area contributed by atoms with Crippen molar-refractivity contribution in [2.75, 3.05) is 0 Å². The Morgan fingerprint density at radius 2 is 2.00 bits per heavy atom. The number of nitrogens with zero attached hydrogens (tertiary/aromatic N) is 2. The Morgan fingerprint density at radius 1 is 1.19 bits per heavy atom. The van der Waals surface area contributed by atoms with Crippen LogP contribution in [-0.4, -0.2) is 10.1 Å². The third-order valence-corrected chi connectivity index (χ3v) is 5.16. The molecule has 0 aliphatic heterocycles. The van der Waals surface area contributed by atoms with E-state index in [0.29, 0.717) is 5.82 Å². The van der Waals surface area contributed by atoms with Gasteiger partial charge in [0.15, 0.2) is 0 Å². The van der Waals surface area contributed by atoms with E-state index in [4.69, 9.17) is 4.52 Å². The number of hydrogen-bond donors (Lipinski definition) is 0. The molecule has 6 rings (SSSR count). The van der Waals surface area contributed by atoms with E-state index < -0.39 is 0 Å². The van der Waals surface area contributed by atoms with Crippen LogP contribution < -0.4 is 0 Å². The smallest absolute Gasteiger partial charge is 0.231 e. The highest BCUT2D eigenvalue weighted by atomic mass is 16.5. The summed E-state index contributed by atoms with van der Waals surface area (Å²) in [5, 5.41) is 4.13. The summed E-state index contributed by atoms with van der Waals surface area (Å²) in [5.74, 6) is 3.02. The van der Waals surface area contributed by atoms with Crippen molar-refractivity contribution in [3.63, 3.8) is 0 Å². The zero-order valence-corrected chi connectivity index (χ0v) is 12.0. The Morgan fingerprint density at radius 3 is 2.71 bits per heavy atom. The average molecular weight is 276 g/mol. The van der Waals surface area contributed by atoms with Crippen molar-refractivity contribution in [1.82, 2.24) is 10.1 Å². The highest BCUT2D eigenvalue weighted by Gasteiger charge is 2.55. The van der Waals surface area contributed by atoms with Gasteiger partial charge in [0.05, 0.1) is 0 Å². The highest BCUT2D eigenvalue weighted by Crippen LogP contribution is 2.66. The lowest BCUT2D eigenvalue weighted by molar-refractivity contribution is 0.236. The fourth-order valence-corrected chi connectivity index (χ4v) is 3.83. The molecule has 0 spiro atoms. The monoisotopic (exact) mass is 276 g/mol. The van der Waals surface area contributed by atoms with Gasteiger partial charge in [-0.3, -0.25) is 0 Å². The Bertz CT molecular complexity index is 781. The van der Waals surface area contributed by atoms with Crippen LogP contribution in [0.3, 0.4) is 0 Å². The normalized spacial score (nSPS) is 25.3. The first kappa shape index (κ1) is 11.5. The maximum absolute atomic E-state index is 5.45. The SMILES string of the molecule is Cc1ccc(-c2noc(CC3=C4C5CC4C5=CC3)n2)cc1. The molecule has 0 N–H and O–H groups in total. The standard InChI is InChI=1S/C18H16N2O/c1-10-2-4-11(5-3-10)18-19-16(21-20-18)8-12-6-7-13-14-9-15(13)17(12)14/h2-5,7,14-15H,6,8-9H2,1H3. The summed E-state index contributed by atoms with van der Waals surface area (Å²) < 4.78 is 5.45.